The van der Waals surface area contributed by atoms with Gasteiger partial charge in [-0.25, -0.2) is 27.2 Å². The highest BCUT2D eigenvalue weighted by Gasteiger charge is 2.27. The molecule has 0 aliphatic carbocycles. The first-order valence-corrected chi connectivity index (χ1v) is 13.2. The summed E-state index contributed by atoms with van der Waals surface area (Å²) in [6.45, 7) is 13.2. The van der Waals surface area contributed by atoms with E-state index >= 15 is 0 Å². The molecule has 0 bridgehead atoms. The van der Waals surface area contributed by atoms with Crippen molar-refractivity contribution in [1.82, 2.24) is 29.5 Å². The lowest BCUT2D eigenvalue weighted by atomic mass is 10.2. The lowest BCUT2D eigenvalue weighted by molar-refractivity contribution is 0.0506. The Kier molecular flexibility index (Phi) is 6.94. The Bertz CT molecular complexity index is 1380. The molecule has 2 aromatic heterocycles. The van der Waals surface area contributed by atoms with Gasteiger partial charge in [-0.2, -0.15) is 0 Å². The van der Waals surface area contributed by atoms with Crippen molar-refractivity contribution >= 4 is 27.3 Å². The molecule has 10 nitrogen and oxygen atoms in total. The molecule has 192 valence electrons. The van der Waals surface area contributed by atoms with Crippen LogP contribution in [-0.2, 0) is 21.3 Å². The fourth-order valence-corrected chi connectivity index (χ4v) is 5.23. The van der Waals surface area contributed by atoms with Crippen molar-refractivity contribution < 1.29 is 17.9 Å². The maximum atomic E-state index is 13.1. The highest BCUT2D eigenvalue weighted by Crippen LogP contribution is 2.21. The summed E-state index contributed by atoms with van der Waals surface area (Å²) in [6, 6.07) is 8.30. The molecule has 2 N–H and O–H groups in total. The van der Waals surface area contributed by atoms with E-state index in [0.717, 1.165) is 22.5 Å². The van der Waals surface area contributed by atoms with Crippen molar-refractivity contribution in [1.29, 1.82) is 0 Å². The first-order valence-electron chi connectivity index (χ1n) is 11.7. The molecule has 1 aliphatic rings. The van der Waals surface area contributed by atoms with Gasteiger partial charge in [0.25, 0.3) is 10.0 Å². The fraction of sp³-hybridized carbons (Fsp3) is 0.400. The molecule has 3 aromatic rings. The molecule has 0 saturated carbocycles. The number of alkyl carbamates (subject to hydrolysis) is 1. The van der Waals surface area contributed by atoms with E-state index in [-0.39, 0.29) is 16.6 Å². The van der Waals surface area contributed by atoms with E-state index in [1.807, 2.05) is 27.7 Å². The molecule has 1 unspecified atom stereocenters. The summed E-state index contributed by atoms with van der Waals surface area (Å²) in [7, 11) is -3.77. The zero-order valence-corrected chi connectivity index (χ0v) is 21.8. The Morgan fingerprint density at radius 3 is 2.64 bits per heavy atom. The quantitative estimate of drug-likeness (QED) is 0.496. The van der Waals surface area contributed by atoms with Crippen LogP contribution >= 0.6 is 0 Å². The Morgan fingerprint density at radius 1 is 1.22 bits per heavy atom. The molecule has 11 heteroatoms. The molecule has 1 aromatic carbocycles. The molecule has 0 radical (unpaired) electrons. The van der Waals surface area contributed by atoms with Crippen LogP contribution in [0.1, 0.15) is 38.4 Å². The molecule has 1 fully saturated rings. The Labute approximate surface area is 211 Å². The van der Waals surface area contributed by atoms with Crippen molar-refractivity contribution in [2.24, 2.45) is 0 Å². The summed E-state index contributed by atoms with van der Waals surface area (Å²) in [6.07, 6.45) is 3.39. The third kappa shape index (κ3) is 5.78. The van der Waals surface area contributed by atoms with E-state index < -0.39 is 21.7 Å². The molecule has 36 heavy (non-hydrogen) atoms. The lowest BCUT2D eigenvalue weighted by Gasteiger charge is -2.23. The van der Waals surface area contributed by atoms with Gasteiger partial charge in [-0.15, -0.1) is 0 Å². The maximum Gasteiger partial charge on any atom is 0.407 e. The first kappa shape index (κ1) is 25.5. The van der Waals surface area contributed by atoms with Crippen LogP contribution in [0.2, 0.25) is 0 Å². The second-order valence-electron chi connectivity index (χ2n) is 9.88. The van der Waals surface area contributed by atoms with Crippen LogP contribution < -0.4 is 10.6 Å². The minimum absolute atomic E-state index is 0.0233. The Hall–Kier alpha value is -3.60. The molecule has 3 heterocycles. The highest BCUT2D eigenvalue weighted by atomic mass is 32.2. The standard InChI is InChI=1S/C25H32N6O4S/c1-17-6-8-21(9-7-17)36(33,34)31-13-11-22-23(31)27-15-20(28-22)14-26-18(2)30-12-10-19(16-30)29-24(32)35-25(3,4)5/h6-9,11,13,15,19,26H,2,10,12,14,16H2,1,3-5H3,(H,29,32). The number of aromatic nitrogens is 3. The molecular weight excluding hydrogens is 480 g/mol. The van der Waals surface area contributed by atoms with Gasteiger partial charge in [-0.3, -0.25) is 0 Å². The monoisotopic (exact) mass is 512 g/mol. The topological polar surface area (TPSA) is 118 Å². The number of ether oxygens (including phenoxy) is 1. The largest absolute Gasteiger partial charge is 0.444 e. The number of nitrogens with zero attached hydrogens (tertiary/aromatic N) is 4. The van der Waals surface area contributed by atoms with Crippen molar-refractivity contribution in [3.8, 4) is 0 Å². The van der Waals surface area contributed by atoms with Crippen molar-refractivity contribution in [2.75, 3.05) is 13.1 Å². The van der Waals surface area contributed by atoms with Crippen LogP contribution in [0, 0.1) is 6.92 Å². The van der Waals surface area contributed by atoms with Gasteiger partial charge >= 0.3 is 6.09 Å². The van der Waals surface area contributed by atoms with E-state index in [2.05, 4.69) is 32.1 Å². The third-order valence-electron chi connectivity index (χ3n) is 5.75. The number of rotatable bonds is 7. The van der Waals surface area contributed by atoms with Crippen LogP contribution in [0.3, 0.4) is 0 Å². The summed E-state index contributed by atoms with van der Waals surface area (Å²) in [5.41, 5.74) is 1.85. The third-order valence-corrected chi connectivity index (χ3v) is 7.43. The number of aryl methyl sites for hydroxylation is 1. The molecule has 1 atom stereocenters. The Balaban J connectivity index is 1.36. The number of likely N-dealkylation sites (tertiary alicyclic amines) is 1. The zero-order valence-electron chi connectivity index (χ0n) is 21.0. The summed E-state index contributed by atoms with van der Waals surface area (Å²) >= 11 is 0. The van der Waals surface area contributed by atoms with Gasteiger partial charge in [0.2, 0.25) is 0 Å². The van der Waals surface area contributed by atoms with Crippen LogP contribution in [0.4, 0.5) is 4.79 Å². The lowest BCUT2D eigenvalue weighted by Crippen LogP contribution is -2.41. The number of hydrogen-bond donors (Lipinski definition) is 2. The fourth-order valence-electron chi connectivity index (χ4n) is 3.93. The molecule has 1 aliphatic heterocycles. The minimum Gasteiger partial charge on any atom is -0.444 e. The van der Waals surface area contributed by atoms with E-state index in [1.54, 1.807) is 36.5 Å². The minimum atomic E-state index is -3.77. The van der Waals surface area contributed by atoms with E-state index in [9.17, 15) is 13.2 Å². The number of amides is 1. The molecule has 0 spiro atoms. The summed E-state index contributed by atoms with van der Waals surface area (Å²) in [4.78, 5) is 23.2. The second-order valence-corrected chi connectivity index (χ2v) is 11.7. The number of fused-ring (bicyclic) bond motifs is 1. The predicted octanol–water partition coefficient (Wildman–Crippen LogP) is 3.14. The van der Waals surface area contributed by atoms with Gasteiger partial charge in [-0.1, -0.05) is 24.3 Å². The van der Waals surface area contributed by atoms with Crippen LogP contribution in [0.25, 0.3) is 11.2 Å². The first-order chi connectivity index (χ1) is 16.9. The molecular formula is C25H32N6O4S. The molecule has 1 saturated heterocycles. The average molecular weight is 513 g/mol. The zero-order chi connectivity index (χ0) is 26.1. The van der Waals surface area contributed by atoms with Gasteiger partial charge in [0.05, 0.1) is 35.2 Å². The van der Waals surface area contributed by atoms with Crippen LogP contribution in [-0.4, -0.2) is 58.1 Å². The van der Waals surface area contributed by atoms with Gasteiger partial charge in [0.15, 0.2) is 5.65 Å². The molecule has 4 rings (SSSR count). The van der Waals surface area contributed by atoms with Crippen molar-refractivity contribution in [2.45, 2.75) is 57.2 Å². The number of carbonyl (C=O) groups excluding carboxylic acids is 1. The molecule has 1 amide bonds. The predicted molar refractivity (Wildman–Crippen MR) is 137 cm³/mol. The summed E-state index contributed by atoms with van der Waals surface area (Å²) in [5.74, 6) is 0.713. The van der Waals surface area contributed by atoms with E-state index in [1.165, 1.54) is 6.20 Å². The van der Waals surface area contributed by atoms with Gasteiger partial charge in [-0.05, 0) is 52.3 Å². The number of benzene rings is 1. The van der Waals surface area contributed by atoms with E-state index in [4.69, 9.17) is 4.74 Å². The van der Waals surface area contributed by atoms with Crippen molar-refractivity contribution in [3.63, 3.8) is 0 Å². The number of hydrogen-bond acceptors (Lipinski definition) is 8. The smallest absolute Gasteiger partial charge is 0.407 e. The normalized spacial score (nSPS) is 16.2. The summed E-state index contributed by atoms with van der Waals surface area (Å²) in [5, 5.41) is 6.14. The van der Waals surface area contributed by atoms with Crippen LogP contribution in [0.15, 0.2) is 60.0 Å². The summed E-state index contributed by atoms with van der Waals surface area (Å²) < 4.78 is 32.6. The number of carbonyl (C=O) groups is 1. The maximum absolute atomic E-state index is 13.1. The SMILES string of the molecule is C=C(NCc1cnc2c(ccn2S(=O)(=O)c2ccc(C)cc2)n1)N1CCC(NC(=O)OC(C)(C)C)C1. The average Bonchev–Trinajstić information content (AvgIpc) is 3.43. The van der Waals surface area contributed by atoms with Crippen LogP contribution in [0.5, 0.6) is 0 Å². The highest BCUT2D eigenvalue weighted by molar-refractivity contribution is 7.90. The van der Waals surface area contributed by atoms with Gasteiger partial charge < -0.3 is 20.3 Å². The van der Waals surface area contributed by atoms with Gasteiger partial charge in [0, 0.05) is 19.3 Å². The Morgan fingerprint density at radius 2 is 1.94 bits per heavy atom. The number of nitrogens with one attached hydrogen (secondary N) is 2. The van der Waals surface area contributed by atoms with Gasteiger partial charge in [0.1, 0.15) is 11.1 Å². The second kappa shape index (κ2) is 9.81. The van der Waals surface area contributed by atoms with E-state index in [0.29, 0.717) is 30.1 Å². The van der Waals surface area contributed by atoms with Crippen molar-refractivity contribution in [3.05, 3.63) is 66.4 Å².